The number of nitrogens with zero attached hydrogens (tertiary/aromatic N) is 3. The molecule has 0 spiro atoms. The molecule has 0 unspecified atom stereocenters. The van der Waals surface area contributed by atoms with E-state index < -0.39 is 48.3 Å². The van der Waals surface area contributed by atoms with E-state index in [0.717, 1.165) is 0 Å². The standard InChI is InChI=1S/3C11H21NO5S.H2O/c2*1-10(2)11(13)17-8-7-12(3,4)6-5-9-18(14,15)16;1-10(2)11(13)17-8-4-6-12(3)7-5-9-18(14,15)16;/h2*1,5-9H2,2-4H3;1,4-9H2,2-3H3,(H,14,15,16);1H2. The van der Waals surface area contributed by atoms with Gasteiger partial charge in [-0.2, -0.15) is 16.8 Å². The summed E-state index contributed by atoms with van der Waals surface area (Å²) in [5, 5.41) is 0. The van der Waals surface area contributed by atoms with Gasteiger partial charge in [0, 0.05) is 41.9 Å². The lowest BCUT2D eigenvalue weighted by molar-refractivity contribution is -0.890. The summed E-state index contributed by atoms with van der Waals surface area (Å²) in [5.74, 6) is -2.10. The second-order valence-electron chi connectivity index (χ2n) is 14.1. The van der Waals surface area contributed by atoms with E-state index in [-0.39, 0.29) is 35.9 Å². The Morgan fingerprint density at radius 1 is 0.582 bits per heavy atom. The van der Waals surface area contributed by atoms with Crippen LogP contribution >= 0.6 is 0 Å². The fourth-order valence-electron chi connectivity index (χ4n) is 3.84. The predicted molar refractivity (Wildman–Crippen MR) is 206 cm³/mol. The summed E-state index contributed by atoms with van der Waals surface area (Å²) >= 11 is 0. The van der Waals surface area contributed by atoms with Crippen LogP contribution in [0.1, 0.15) is 46.5 Å². The maximum atomic E-state index is 11.1. The lowest BCUT2D eigenvalue weighted by Crippen LogP contribution is -2.43. The normalized spacial score (nSPS) is 11.8. The summed E-state index contributed by atoms with van der Waals surface area (Å²) in [6.45, 7) is 19.4. The molecule has 3 N–H and O–H groups in total. The van der Waals surface area contributed by atoms with Crippen LogP contribution < -0.4 is 0 Å². The van der Waals surface area contributed by atoms with Crippen molar-refractivity contribution in [3.63, 3.8) is 0 Å². The van der Waals surface area contributed by atoms with E-state index in [2.05, 4.69) is 19.7 Å². The molecule has 0 fully saturated rings. The molecule has 326 valence electrons. The maximum absolute atomic E-state index is 11.1. The van der Waals surface area contributed by atoms with Crippen molar-refractivity contribution >= 4 is 48.3 Å². The number of likely N-dealkylation sites (N-methyl/N-ethyl adjacent to an activating group) is 2. The Labute approximate surface area is 328 Å². The number of hydrogen-bond donors (Lipinski definition) is 2. The average Bonchev–Trinajstić information content (AvgIpc) is 2.97. The molecule has 55 heavy (non-hydrogen) atoms. The summed E-state index contributed by atoms with van der Waals surface area (Å²) < 4.78 is 106. The minimum absolute atomic E-state index is 0. The first-order valence-corrected chi connectivity index (χ1v) is 21.7. The summed E-state index contributed by atoms with van der Waals surface area (Å²) in [6, 6.07) is 0. The van der Waals surface area contributed by atoms with E-state index >= 15 is 0 Å². The lowest BCUT2D eigenvalue weighted by Gasteiger charge is -2.29. The van der Waals surface area contributed by atoms with Gasteiger partial charge in [-0.15, -0.1) is 0 Å². The Balaban J connectivity index is -0.000000351. The fraction of sp³-hybridized carbons (Fsp3) is 0.727. The molecule has 0 rings (SSSR count). The molecule has 0 aliphatic heterocycles. The van der Waals surface area contributed by atoms with Crippen LogP contribution in [0.25, 0.3) is 0 Å². The first-order valence-electron chi connectivity index (χ1n) is 16.9. The molecule has 0 atom stereocenters. The fourth-order valence-corrected chi connectivity index (χ4v) is 5.31. The SMILES string of the molecule is C=C(C)C(=O)OCCCN(C)CCCS(=O)(=O)[O-].C=C(C)C(=O)OCC[N+](C)(C)CCCS(=O)(=O)O.C=C(C)C(=O)OCC[N+](C)(C)CCCS(=O)(=O)O.[OH-]. The van der Waals surface area contributed by atoms with Gasteiger partial charge in [0.25, 0.3) is 20.2 Å². The minimum atomic E-state index is -4.12. The minimum Gasteiger partial charge on any atom is -0.870 e. The van der Waals surface area contributed by atoms with Gasteiger partial charge in [0.1, 0.15) is 26.3 Å². The molecular formula is C33H65N3O16S3. The molecule has 0 aromatic rings. The van der Waals surface area contributed by atoms with E-state index in [1.54, 1.807) is 20.8 Å². The summed E-state index contributed by atoms with van der Waals surface area (Å²) in [7, 11) is -2.50. The molecule has 0 bridgehead atoms. The number of quaternary nitrogens is 2. The van der Waals surface area contributed by atoms with E-state index in [0.29, 0.717) is 97.2 Å². The summed E-state index contributed by atoms with van der Waals surface area (Å²) in [6.07, 6.45) is 1.69. The maximum Gasteiger partial charge on any atom is 0.333 e. The highest BCUT2D eigenvalue weighted by Gasteiger charge is 2.19. The van der Waals surface area contributed by atoms with Gasteiger partial charge in [0.2, 0.25) is 0 Å². The lowest BCUT2D eigenvalue weighted by atomic mass is 10.3. The molecule has 0 saturated carbocycles. The van der Waals surface area contributed by atoms with Crippen LogP contribution in [0.2, 0.25) is 0 Å². The van der Waals surface area contributed by atoms with Gasteiger partial charge in [0.15, 0.2) is 0 Å². The van der Waals surface area contributed by atoms with E-state index in [1.807, 2.05) is 40.1 Å². The molecule has 0 aliphatic rings. The second kappa shape index (κ2) is 28.6. The average molecular weight is 856 g/mol. The number of ether oxygens (including phenoxy) is 3. The van der Waals surface area contributed by atoms with Crippen molar-refractivity contribution in [3.05, 3.63) is 36.5 Å². The van der Waals surface area contributed by atoms with Crippen LogP contribution in [0.15, 0.2) is 36.5 Å². The highest BCUT2D eigenvalue weighted by Crippen LogP contribution is 2.04. The number of carbonyl (C=O) groups is 3. The van der Waals surface area contributed by atoms with Crippen molar-refractivity contribution in [3.8, 4) is 0 Å². The Morgan fingerprint density at radius 2 is 0.891 bits per heavy atom. The molecule has 0 aliphatic carbocycles. The number of esters is 3. The van der Waals surface area contributed by atoms with Crippen molar-refractivity contribution in [2.24, 2.45) is 0 Å². The summed E-state index contributed by atoms with van der Waals surface area (Å²) in [4.78, 5) is 35.2. The van der Waals surface area contributed by atoms with Crippen LogP contribution in [-0.2, 0) is 58.9 Å². The zero-order chi connectivity index (χ0) is 43.0. The third-order valence-corrected chi connectivity index (χ3v) is 9.49. The molecule has 0 heterocycles. The van der Waals surface area contributed by atoms with E-state index in [4.69, 9.17) is 23.3 Å². The molecule has 0 amide bonds. The largest absolute Gasteiger partial charge is 0.870 e. The molecule has 0 aromatic heterocycles. The smallest absolute Gasteiger partial charge is 0.333 e. The van der Waals surface area contributed by atoms with Gasteiger partial charge in [0.05, 0.1) is 69.5 Å². The second-order valence-corrected chi connectivity index (χ2v) is 18.7. The van der Waals surface area contributed by atoms with Gasteiger partial charge >= 0.3 is 17.9 Å². The summed E-state index contributed by atoms with van der Waals surface area (Å²) in [5.41, 5.74) is 1.07. The topological polar surface area (TPSA) is 278 Å². The molecule has 19 nitrogen and oxygen atoms in total. The third kappa shape index (κ3) is 43.8. The van der Waals surface area contributed by atoms with Crippen molar-refractivity contribution in [2.45, 2.75) is 46.5 Å². The molecule has 0 saturated heterocycles. The highest BCUT2D eigenvalue weighted by molar-refractivity contribution is 7.86. The van der Waals surface area contributed by atoms with Crippen molar-refractivity contribution in [1.29, 1.82) is 0 Å². The van der Waals surface area contributed by atoms with Crippen LogP contribution in [0, 0.1) is 0 Å². The zero-order valence-electron chi connectivity index (χ0n) is 33.7. The van der Waals surface area contributed by atoms with Crippen LogP contribution in [0.3, 0.4) is 0 Å². The van der Waals surface area contributed by atoms with Crippen LogP contribution in [0.5, 0.6) is 0 Å². The van der Waals surface area contributed by atoms with Gasteiger partial charge in [-0.05, 0) is 47.2 Å². The van der Waals surface area contributed by atoms with Crippen LogP contribution in [0.4, 0.5) is 0 Å². The number of rotatable bonds is 25. The number of carbonyl (C=O) groups excluding carboxylic acids is 3. The Morgan fingerprint density at radius 3 is 1.18 bits per heavy atom. The first kappa shape index (κ1) is 58.9. The Hall–Kier alpha value is -2.80. The molecular weight excluding hydrogens is 791 g/mol. The molecule has 0 aromatic carbocycles. The highest BCUT2D eigenvalue weighted by atomic mass is 32.2. The molecule has 22 heteroatoms. The predicted octanol–water partition coefficient (Wildman–Crippen LogP) is 1.11. The molecule has 0 radical (unpaired) electrons. The van der Waals surface area contributed by atoms with Crippen molar-refractivity contribution in [1.82, 2.24) is 4.90 Å². The zero-order valence-corrected chi connectivity index (χ0v) is 36.1. The van der Waals surface area contributed by atoms with Gasteiger partial charge in [-0.3, -0.25) is 9.11 Å². The first-order chi connectivity index (χ1) is 24.3. The number of hydrogen-bond acceptors (Lipinski definition) is 15. The van der Waals surface area contributed by atoms with Gasteiger partial charge in [-0.1, -0.05) is 19.7 Å². The van der Waals surface area contributed by atoms with Gasteiger partial charge in [-0.25, -0.2) is 22.8 Å². The van der Waals surface area contributed by atoms with E-state index in [9.17, 15) is 44.2 Å². The van der Waals surface area contributed by atoms with Crippen molar-refractivity contribution in [2.75, 3.05) is 112 Å². The van der Waals surface area contributed by atoms with Gasteiger partial charge < -0.3 is 38.1 Å². The monoisotopic (exact) mass is 855 g/mol. The van der Waals surface area contributed by atoms with Crippen molar-refractivity contribution < 1.29 is 81.9 Å². The Kier molecular flexibility index (Phi) is 30.6. The quantitative estimate of drug-likeness (QED) is 0.0325. The Bertz CT molecular complexity index is 1460. The van der Waals surface area contributed by atoms with E-state index in [1.165, 1.54) is 0 Å². The third-order valence-electron chi connectivity index (χ3n) is 7.09. The van der Waals surface area contributed by atoms with Crippen LogP contribution in [-0.4, -0.2) is 188 Å².